The molecule has 3 aliphatic rings. The number of aromatic nitrogens is 5. The van der Waals surface area contributed by atoms with Crippen LogP contribution < -0.4 is 9.80 Å². The topological polar surface area (TPSA) is 106 Å². The third-order valence-electron chi connectivity index (χ3n) is 5.23. The maximum Gasteiger partial charge on any atom is 0.250 e. The van der Waals surface area contributed by atoms with Crippen molar-refractivity contribution in [3.05, 3.63) is 36.1 Å². The third kappa shape index (κ3) is 4.47. The van der Waals surface area contributed by atoms with Crippen LogP contribution in [0.1, 0.15) is 17.9 Å². The first-order valence-electron chi connectivity index (χ1n) is 10.5. The standard InChI is InChI=1S/C20H25N9O2/c1-15-4-6-29(26-15)18-21-5-2-3-16(22-18)17-23-19(27-7-11-30-12-8-27)25-20(24-17)28-9-13-31-14-10-28/h2,4-6H,3,7-14H2,1H3. The van der Waals surface area contributed by atoms with Gasteiger partial charge in [-0.15, -0.1) is 0 Å². The fourth-order valence-electron chi connectivity index (χ4n) is 3.55. The second kappa shape index (κ2) is 8.90. The first kappa shape index (κ1) is 19.8. The molecule has 3 aliphatic heterocycles. The van der Waals surface area contributed by atoms with Gasteiger partial charge in [0.05, 0.1) is 37.8 Å². The average Bonchev–Trinajstić information content (AvgIpc) is 3.11. The Labute approximate surface area is 180 Å². The first-order valence-corrected chi connectivity index (χ1v) is 10.5. The van der Waals surface area contributed by atoms with Crippen LogP contribution >= 0.6 is 0 Å². The van der Waals surface area contributed by atoms with Crippen LogP contribution in [-0.2, 0) is 9.47 Å². The number of aryl methyl sites for hydroxylation is 1. The van der Waals surface area contributed by atoms with Crippen LogP contribution in [0.3, 0.4) is 0 Å². The minimum absolute atomic E-state index is 0.484. The maximum atomic E-state index is 5.50. The lowest BCUT2D eigenvalue weighted by Crippen LogP contribution is -2.40. The van der Waals surface area contributed by atoms with Crippen LogP contribution in [0.5, 0.6) is 0 Å². The molecule has 0 bridgehead atoms. The van der Waals surface area contributed by atoms with Crippen molar-refractivity contribution in [3.63, 3.8) is 0 Å². The minimum Gasteiger partial charge on any atom is -0.378 e. The Kier molecular flexibility index (Phi) is 5.67. The van der Waals surface area contributed by atoms with Gasteiger partial charge < -0.3 is 19.3 Å². The van der Waals surface area contributed by atoms with Gasteiger partial charge in [-0.25, -0.2) is 14.7 Å². The van der Waals surface area contributed by atoms with E-state index in [4.69, 9.17) is 29.4 Å². The molecule has 162 valence electrons. The molecule has 0 radical (unpaired) electrons. The quantitative estimate of drug-likeness (QED) is 0.709. The lowest BCUT2D eigenvalue weighted by molar-refractivity contribution is 0.121. The Bertz CT molecular complexity index is 981. The highest BCUT2D eigenvalue weighted by Gasteiger charge is 2.23. The van der Waals surface area contributed by atoms with Gasteiger partial charge in [-0.05, 0) is 13.0 Å². The summed E-state index contributed by atoms with van der Waals surface area (Å²) in [6, 6.07) is 1.92. The van der Waals surface area contributed by atoms with E-state index in [0.29, 0.717) is 56.5 Å². The summed E-state index contributed by atoms with van der Waals surface area (Å²) in [6.45, 7) is 7.56. The lowest BCUT2D eigenvalue weighted by atomic mass is 10.2. The number of hydrogen-bond donors (Lipinski definition) is 0. The molecule has 2 aromatic heterocycles. The summed E-state index contributed by atoms with van der Waals surface area (Å²) in [5.74, 6) is 2.34. The Morgan fingerprint density at radius 3 is 2.10 bits per heavy atom. The number of rotatable bonds is 3. The number of hydrogen-bond acceptors (Lipinski definition) is 10. The first-order chi connectivity index (χ1) is 15.3. The summed E-state index contributed by atoms with van der Waals surface area (Å²) in [6.07, 6.45) is 6.12. The molecule has 0 aliphatic carbocycles. The smallest absolute Gasteiger partial charge is 0.250 e. The third-order valence-corrected chi connectivity index (χ3v) is 5.23. The molecule has 0 unspecified atom stereocenters. The molecule has 0 N–H and O–H groups in total. The van der Waals surface area contributed by atoms with Crippen molar-refractivity contribution in [3.8, 4) is 0 Å². The van der Waals surface area contributed by atoms with Gasteiger partial charge in [-0.3, -0.25) is 0 Å². The Hall–Kier alpha value is -3.18. The summed E-state index contributed by atoms with van der Waals surface area (Å²) >= 11 is 0. The fraction of sp³-hybridized carbons (Fsp3) is 0.500. The minimum atomic E-state index is 0.484. The zero-order chi connectivity index (χ0) is 21.0. The molecule has 0 spiro atoms. The van der Waals surface area contributed by atoms with E-state index in [1.54, 1.807) is 10.9 Å². The number of aliphatic imine (C=N–C) groups is 2. The molecule has 31 heavy (non-hydrogen) atoms. The van der Waals surface area contributed by atoms with E-state index in [2.05, 4.69) is 19.9 Å². The van der Waals surface area contributed by atoms with Crippen molar-refractivity contribution in [2.75, 3.05) is 62.4 Å². The molecule has 11 nitrogen and oxygen atoms in total. The molecule has 0 amide bonds. The van der Waals surface area contributed by atoms with E-state index in [9.17, 15) is 0 Å². The van der Waals surface area contributed by atoms with Gasteiger partial charge in [0.25, 0.3) is 5.96 Å². The maximum absolute atomic E-state index is 5.50. The zero-order valence-electron chi connectivity index (χ0n) is 17.5. The van der Waals surface area contributed by atoms with Gasteiger partial charge >= 0.3 is 0 Å². The van der Waals surface area contributed by atoms with Crippen molar-refractivity contribution in [1.29, 1.82) is 0 Å². The number of allylic oxidation sites excluding steroid dienone is 1. The number of ether oxygens (including phenoxy) is 2. The van der Waals surface area contributed by atoms with Gasteiger partial charge in [0, 0.05) is 45.0 Å². The monoisotopic (exact) mass is 423 g/mol. The summed E-state index contributed by atoms with van der Waals surface area (Å²) in [4.78, 5) is 27.8. The van der Waals surface area contributed by atoms with Crippen molar-refractivity contribution in [2.45, 2.75) is 13.3 Å². The van der Waals surface area contributed by atoms with Crippen LogP contribution in [-0.4, -0.2) is 89.0 Å². The second-order valence-corrected chi connectivity index (χ2v) is 7.44. The molecular weight excluding hydrogens is 398 g/mol. The molecule has 2 saturated heterocycles. The predicted octanol–water partition coefficient (Wildman–Crippen LogP) is 0.661. The van der Waals surface area contributed by atoms with Crippen LogP contribution in [0.15, 0.2) is 34.5 Å². The Morgan fingerprint density at radius 1 is 0.871 bits per heavy atom. The van der Waals surface area contributed by atoms with E-state index >= 15 is 0 Å². The molecule has 5 heterocycles. The van der Waals surface area contributed by atoms with Gasteiger partial charge in [0.2, 0.25) is 11.9 Å². The van der Waals surface area contributed by atoms with Crippen molar-refractivity contribution >= 4 is 23.6 Å². The Balaban J connectivity index is 1.54. The molecule has 0 atom stereocenters. The number of anilines is 2. The van der Waals surface area contributed by atoms with Gasteiger partial charge in [0.15, 0.2) is 5.82 Å². The van der Waals surface area contributed by atoms with E-state index in [0.717, 1.165) is 37.6 Å². The van der Waals surface area contributed by atoms with Gasteiger partial charge in [-0.2, -0.15) is 20.1 Å². The van der Waals surface area contributed by atoms with Crippen LogP contribution in [0.2, 0.25) is 0 Å². The molecule has 2 fully saturated rings. The second-order valence-electron chi connectivity index (χ2n) is 7.44. The SMILES string of the molecule is Cc1ccn(C2=NC=CCC(c3nc(N4CCOCC4)nc(N4CCOCC4)n3)=N2)n1. The van der Waals surface area contributed by atoms with Gasteiger partial charge in [0.1, 0.15) is 0 Å². The highest BCUT2D eigenvalue weighted by atomic mass is 16.5. The highest BCUT2D eigenvalue weighted by Crippen LogP contribution is 2.18. The molecule has 0 aromatic carbocycles. The molecule has 2 aromatic rings. The summed E-state index contributed by atoms with van der Waals surface area (Å²) in [7, 11) is 0. The molecule has 0 saturated carbocycles. The van der Waals surface area contributed by atoms with E-state index in [-0.39, 0.29) is 0 Å². The molecule has 5 rings (SSSR count). The van der Waals surface area contributed by atoms with Crippen molar-refractivity contribution < 1.29 is 9.47 Å². The fourth-order valence-corrected chi connectivity index (χ4v) is 3.55. The van der Waals surface area contributed by atoms with Crippen molar-refractivity contribution in [1.82, 2.24) is 24.7 Å². The zero-order valence-corrected chi connectivity index (χ0v) is 17.5. The largest absolute Gasteiger partial charge is 0.378 e. The van der Waals surface area contributed by atoms with E-state index in [1.165, 1.54) is 0 Å². The predicted molar refractivity (Wildman–Crippen MR) is 116 cm³/mol. The van der Waals surface area contributed by atoms with E-state index < -0.39 is 0 Å². The molecule has 11 heteroatoms. The normalized spacial score (nSPS) is 19.8. The summed E-state index contributed by atoms with van der Waals surface area (Å²) in [5.41, 5.74) is 1.63. The highest BCUT2D eigenvalue weighted by molar-refractivity contribution is 6.06. The molecular formula is C20H25N9O2. The summed E-state index contributed by atoms with van der Waals surface area (Å²) < 4.78 is 12.7. The van der Waals surface area contributed by atoms with Crippen LogP contribution in [0.4, 0.5) is 11.9 Å². The van der Waals surface area contributed by atoms with Gasteiger partial charge in [-0.1, -0.05) is 6.08 Å². The Morgan fingerprint density at radius 2 is 1.52 bits per heavy atom. The van der Waals surface area contributed by atoms with Crippen LogP contribution in [0, 0.1) is 6.92 Å². The number of nitrogens with zero attached hydrogens (tertiary/aromatic N) is 9. The van der Waals surface area contributed by atoms with Crippen molar-refractivity contribution in [2.24, 2.45) is 9.98 Å². The average molecular weight is 423 g/mol. The summed E-state index contributed by atoms with van der Waals surface area (Å²) in [5, 5.41) is 4.43. The van der Waals surface area contributed by atoms with E-state index in [1.807, 2.05) is 25.3 Å². The van der Waals surface area contributed by atoms with Crippen LogP contribution in [0.25, 0.3) is 0 Å². The lowest BCUT2D eigenvalue weighted by Gasteiger charge is -2.30. The number of morpholine rings is 2.